The van der Waals surface area contributed by atoms with E-state index in [0.29, 0.717) is 37.8 Å². The van der Waals surface area contributed by atoms with Crippen molar-refractivity contribution >= 4 is 29.1 Å². The molecule has 2 aliphatic rings. The summed E-state index contributed by atoms with van der Waals surface area (Å²) in [5.74, 6) is 1.87. The largest absolute Gasteiger partial charge is 0.490 e. The van der Waals surface area contributed by atoms with Crippen LogP contribution in [0.1, 0.15) is 0 Å². The van der Waals surface area contributed by atoms with E-state index in [-0.39, 0.29) is 5.91 Å². The Bertz CT molecular complexity index is 801. The second-order valence-corrected chi connectivity index (χ2v) is 7.02. The Morgan fingerprint density at radius 3 is 2.77 bits per heavy atom. The number of imidazole rings is 1. The lowest BCUT2D eigenvalue weighted by Crippen LogP contribution is -2.52. The van der Waals surface area contributed by atoms with Gasteiger partial charge in [0.1, 0.15) is 12.4 Å². The Morgan fingerprint density at radius 1 is 1.23 bits per heavy atom. The monoisotopic (exact) mass is 375 g/mol. The zero-order valence-electron chi connectivity index (χ0n) is 14.8. The van der Waals surface area contributed by atoms with Gasteiger partial charge in [0, 0.05) is 50.6 Å². The van der Waals surface area contributed by atoms with Crippen LogP contribution in [0.3, 0.4) is 0 Å². The highest BCUT2D eigenvalue weighted by molar-refractivity contribution is 6.31. The van der Waals surface area contributed by atoms with Gasteiger partial charge >= 0.3 is 0 Å². The van der Waals surface area contributed by atoms with E-state index >= 15 is 0 Å². The van der Waals surface area contributed by atoms with Crippen LogP contribution in [0.5, 0.6) is 5.75 Å². The van der Waals surface area contributed by atoms with Gasteiger partial charge in [0.25, 0.3) is 0 Å². The smallest absolute Gasteiger partial charge is 0.242 e. The normalized spacial score (nSPS) is 17.1. The lowest BCUT2D eigenvalue weighted by molar-refractivity contribution is -0.130. The number of carbonyl (C=O) groups excluding carboxylic acids is 1. The molecule has 0 atom stereocenters. The number of amides is 1. The molecule has 1 aromatic carbocycles. The average molecular weight is 376 g/mol. The molecule has 2 aliphatic heterocycles. The quantitative estimate of drug-likeness (QED) is 0.816. The Kier molecular flexibility index (Phi) is 4.63. The first-order valence-electron chi connectivity index (χ1n) is 8.79. The summed E-state index contributed by atoms with van der Waals surface area (Å²) in [6.07, 6.45) is 3.74. The van der Waals surface area contributed by atoms with Gasteiger partial charge < -0.3 is 24.0 Å². The van der Waals surface area contributed by atoms with Crippen LogP contribution < -0.4 is 14.5 Å². The molecule has 0 N–H and O–H groups in total. The van der Waals surface area contributed by atoms with Gasteiger partial charge in [-0.25, -0.2) is 4.98 Å². The van der Waals surface area contributed by atoms with Crippen molar-refractivity contribution in [3.8, 4) is 5.75 Å². The van der Waals surface area contributed by atoms with Gasteiger partial charge in [0.05, 0.1) is 18.8 Å². The minimum absolute atomic E-state index is 0.136. The molecule has 26 heavy (non-hydrogen) atoms. The van der Waals surface area contributed by atoms with Crippen molar-refractivity contribution in [2.24, 2.45) is 7.05 Å². The summed E-state index contributed by atoms with van der Waals surface area (Å²) in [5.41, 5.74) is 0.892. The van der Waals surface area contributed by atoms with Gasteiger partial charge in [0.15, 0.2) is 0 Å². The van der Waals surface area contributed by atoms with Crippen LogP contribution in [0.15, 0.2) is 30.6 Å². The van der Waals surface area contributed by atoms with E-state index in [1.165, 1.54) is 0 Å². The number of hydrogen-bond donors (Lipinski definition) is 0. The number of aromatic nitrogens is 2. The van der Waals surface area contributed by atoms with E-state index in [4.69, 9.17) is 16.3 Å². The van der Waals surface area contributed by atoms with Crippen LogP contribution in [-0.2, 0) is 11.8 Å². The Hall–Kier alpha value is -2.41. The third kappa shape index (κ3) is 3.31. The Morgan fingerprint density at radius 2 is 2.04 bits per heavy atom. The molecule has 0 saturated carbocycles. The third-order valence-electron chi connectivity index (χ3n) is 4.92. The number of rotatable bonds is 3. The number of anilines is 2. The predicted octanol–water partition coefficient (Wildman–Crippen LogP) is 1.62. The van der Waals surface area contributed by atoms with Crippen molar-refractivity contribution in [1.82, 2.24) is 14.5 Å². The van der Waals surface area contributed by atoms with E-state index in [0.717, 1.165) is 30.5 Å². The van der Waals surface area contributed by atoms with Gasteiger partial charge in [-0.2, -0.15) is 0 Å². The average Bonchev–Trinajstić information content (AvgIpc) is 3.08. The van der Waals surface area contributed by atoms with E-state index in [2.05, 4.69) is 14.8 Å². The zero-order valence-corrected chi connectivity index (χ0v) is 15.5. The molecule has 1 aromatic heterocycles. The number of piperazine rings is 1. The van der Waals surface area contributed by atoms with Crippen LogP contribution in [0, 0.1) is 0 Å². The molecule has 0 radical (unpaired) electrons. The maximum absolute atomic E-state index is 12.8. The fourth-order valence-corrected chi connectivity index (χ4v) is 3.66. The van der Waals surface area contributed by atoms with Crippen molar-refractivity contribution in [3.05, 3.63) is 35.6 Å². The van der Waals surface area contributed by atoms with E-state index in [1.807, 2.05) is 40.9 Å². The molecule has 3 heterocycles. The second-order valence-electron chi connectivity index (χ2n) is 6.59. The molecule has 0 aliphatic carbocycles. The molecule has 0 spiro atoms. The van der Waals surface area contributed by atoms with E-state index < -0.39 is 0 Å². The highest BCUT2D eigenvalue weighted by Crippen LogP contribution is 2.33. The molecule has 1 fully saturated rings. The summed E-state index contributed by atoms with van der Waals surface area (Å²) in [7, 11) is 1.99. The molecular weight excluding hydrogens is 354 g/mol. The molecule has 1 saturated heterocycles. The van der Waals surface area contributed by atoms with Crippen molar-refractivity contribution in [3.63, 3.8) is 0 Å². The first-order valence-corrected chi connectivity index (χ1v) is 9.17. The maximum Gasteiger partial charge on any atom is 0.242 e. The Labute approximate surface area is 157 Å². The highest BCUT2D eigenvalue weighted by Gasteiger charge is 2.26. The van der Waals surface area contributed by atoms with E-state index in [1.54, 1.807) is 6.20 Å². The Balaban J connectivity index is 1.38. The molecule has 1 amide bonds. The number of halogens is 1. The number of carbonyl (C=O) groups is 1. The van der Waals surface area contributed by atoms with Crippen molar-refractivity contribution in [2.75, 3.05) is 55.7 Å². The molecule has 138 valence electrons. The minimum atomic E-state index is 0.136. The number of benzene rings is 1. The first kappa shape index (κ1) is 17.0. The highest BCUT2D eigenvalue weighted by atomic mass is 35.5. The van der Waals surface area contributed by atoms with Crippen molar-refractivity contribution in [1.29, 1.82) is 0 Å². The molecule has 7 nitrogen and oxygen atoms in total. The summed E-state index contributed by atoms with van der Waals surface area (Å²) >= 11 is 6.11. The van der Waals surface area contributed by atoms with Crippen LogP contribution in [0.25, 0.3) is 0 Å². The van der Waals surface area contributed by atoms with Gasteiger partial charge in [-0.15, -0.1) is 0 Å². The number of fused-ring (bicyclic) bond motifs is 1. The second kappa shape index (κ2) is 7.07. The third-order valence-corrected chi connectivity index (χ3v) is 5.15. The fraction of sp³-hybridized carbons (Fsp3) is 0.444. The maximum atomic E-state index is 12.8. The summed E-state index contributed by atoms with van der Waals surface area (Å²) in [6, 6.07) is 5.53. The SMILES string of the molecule is Cn1ccnc1N1CCN(C(=O)CN2CCOc3ccc(Cl)cc32)CC1. The van der Waals surface area contributed by atoms with Crippen molar-refractivity contribution in [2.45, 2.75) is 0 Å². The van der Waals surface area contributed by atoms with Crippen LogP contribution >= 0.6 is 11.6 Å². The first-order chi connectivity index (χ1) is 12.6. The van der Waals surface area contributed by atoms with Gasteiger partial charge in [-0.05, 0) is 18.2 Å². The van der Waals surface area contributed by atoms with Crippen LogP contribution in [0.2, 0.25) is 5.02 Å². The van der Waals surface area contributed by atoms with Crippen molar-refractivity contribution < 1.29 is 9.53 Å². The molecule has 0 bridgehead atoms. The molecule has 0 unspecified atom stereocenters. The molecule has 4 rings (SSSR count). The standard InChI is InChI=1S/C18H22ClN5O2/c1-21-5-4-20-18(21)23-8-6-22(7-9-23)17(25)13-24-10-11-26-16-3-2-14(19)12-15(16)24/h2-5,12H,6-11,13H2,1H3. The van der Waals surface area contributed by atoms with Gasteiger partial charge in [0.2, 0.25) is 11.9 Å². The summed E-state index contributed by atoms with van der Waals surface area (Å²) in [6.45, 7) is 4.61. The number of ether oxygens (including phenoxy) is 1. The molecular formula is C18H22ClN5O2. The number of hydrogen-bond acceptors (Lipinski definition) is 5. The lowest BCUT2D eigenvalue weighted by atomic mass is 10.2. The molecule has 2 aromatic rings. The van der Waals surface area contributed by atoms with Crippen LogP contribution in [0.4, 0.5) is 11.6 Å². The minimum Gasteiger partial charge on any atom is -0.490 e. The fourth-order valence-electron chi connectivity index (χ4n) is 3.49. The predicted molar refractivity (Wildman–Crippen MR) is 101 cm³/mol. The number of nitrogens with zero attached hydrogens (tertiary/aromatic N) is 5. The summed E-state index contributed by atoms with van der Waals surface area (Å²) in [4.78, 5) is 23.4. The summed E-state index contributed by atoms with van der Waals surface area (Å²) in [5, 5.41) is 0.649. The zero-order chi connectivity index (χ0) is 18.1. The van der Waals surface area contributed by atoms with Gasteiger partial charge in [-0.3, -0.25) is 4.79 Å². The topological polar surface area (TPSA) is 53.8 Å². The van der Waals surface area contributed by atoms with Crippen LogP contribution in [-0.4, -0.2) is 66.2 Å². The summed E-state index contributed by atoms with van der Waals surface area (Å²) < 4.78 is 7.67. The van der Waals surface area contributed by atoms with E-state index in [9.17, 15) is 4.79 Å². The van der Waals surface area contributed by atoms with Gasteiger partial charge in [-0.1, -0.05) is 11.6 Å². The molecule has 8 heteroatoms. The lowest BCUT2D eigenvalue weighted by Gasteiger charge is -2.37. The number of aryl methyl sites for hydroxylation is 1.